The zero-order chi connectivity index (χ0) is 13.0. The summed E-state index contributed by atoms with van der Waals surface area (Å²) < 4.78 is 1.60. The van der Waals surface area contributed by atoms with E-state index in [1.807, 2.05) is 13.1 Å². The van der Waals surface area contributed by atoms with E-state index in [4.69, 9.17) is 0 Å². The third-order valence-corrected chi connectivity index (χ3v) is 3.33. The fourth-order valence-electron chi connectivity index (χ4n) is 1.54. The average Bonchev–Trinajstić information content (AvgIpc) is 2.79. The van der Waals surface area contributed by atoms with E-state index in [-0.39, 0.29) is 5.69 Å². The van der Waals surface area contributed by atoms with E-state index < -0.39 is 0 Å². The Morgan fingerprint density at radius 3 is 3.00 bits per heavy atom. The highest BCUT2D eigenvalue weighted by Crippen LogP contribution is 2.18. The molecule has 0 spiro atoms. The Labute approximate surface area is 110 Å². The Balaban J connectivity index is 2.11. The first kappa shape index (κ1) is 12.8. The molecule has 18 heavy (non-hydrogen) atoms. The largest absolute Gasteiger partial charge is 0.362 e. The molecular formula is C12H16N4OS. The van der Waals surface area contributed by atoms with Crippen molar-refractivity contribution in [1.82, 2.24) is 14.5 Å². The molecule has 0 saturated heterocycles. The van der Waals surface area contributed by atoms with Gasteiger partial charge in [0.1, 0.15) is 0 Å². The standard InChI is InChI=1S/C12H16N4OS/c1-3-4-13-11-14-6-10(18-11)8-16-7-9(2)5-15-12(16)17/h5-7H,3-4,8H2,1-2H3,(H,13,14). The SMILES string of the molecule is CCCNc1ncc(Cn2cc(C)cnc2=O)s1. The summed E-state index contributed by atoms with van der Waals surface area (Å²) in [5, 5.41) is 4.13. The van der Waals surface area contributed by atoms with Crippen molar-refractivity contribution in [1.29, 1.82) is 0 Å². The number of hydrogen-bond acceptors (Lipinski definition) is 5. The maximum absolute atomic E-state index is 11.6. The van der Waals surface area contributed by atoms with Crippen molar-refractivity contribution in [2.75, 3.05) is 11.9 Å². The van der Waals surface area contributed by atoms with Crippen molar-refractivity contribution in [3.8, 4) is 0 Å². The molecule has 0 atom stereocenters. The molecule has 6 heteroatoms. The highest BCUT2D eigenvalue weighted by molar-refractivity contribution is 7.15. The second-order valence-electron chi connectivity index (χ2n) is 4.10. The van der Waals surface area contributed by atoms with Crippen LogP contribution in [0.4, 0.5) is 5.13 Å². The van der Waals surface area contributed by atoms with E-state index in [9.17, 15) is 4.79 Å². The first-order valence-corrected chi connectivity index (χ1v) is 6.72. The van der Waals surface area contributed by atoms with Gasteiger partial charge in [0.25, 0.3) is 0 Å². The molecule has 2 heterocycles. The summed E-state index contributed by atoms with van der Waals surface area (Å²) in [6.45, 7) is 5.47. The molecule has 0 fully saturated rings. The van der Waals surface area contributed by atoms with Crippen LogP contribution in [-0.4, -0.2) is 21.1 Å². The van der Waals surface area contributed by atoms with Crippen LogP contribution in [0.3, 0.4) is 0 Å². The van der Waals surface area contributed by atoms with Crippen molar-refractivity contribution in [2.45, 2.75) is 26.8 Å². The normalized spacial score (nSPS) is 10.6. The Hall–Kier alpha value is -1.69. The lowest BCUT2D eigenvalue weighted by Crippen LogP contribution is -2.22. The molecule has 2 aromatic rings. The van der Waals surface area contributed by atoms with Gasteiger partial charge in [-0.3, -0.25) is 4.57 Å². The number of nitrogens with one attached hydrogen (secondary N) is 1. The molecule has 0 radical (unpaired) electrons. The number of hydrogen-bond donors (Lipinski definition) is 1. The summed E-state index contributed by atoms with van der Waals surface area (Å²) in [5.41, 5.74) is 0.750. The Kier molecular flexibility index (Phi) is 4.09. The second-order valence-corrected chi connectivity index (χ2v) is 5.22. The van der Waals surface area contributed by atoms with Crippen LogP contribution in [-0.2, 0) is 6.54 Å². The van der Waals surface area contributed by atoms with Gasteiger partial charge < -0.3 is 5.32 Å². The topological polar surface area (TPSA) is 59.8 Å². The third-order valence-electron chi connectivity index (χ3n) is 2.39. The summed E-state index contributed by atoms with van der Waals surface area (Å²) in [5.74, 6) is 0. The molecule has 1 N–H and O–H groups in total. The third kappa shape index (κ3) is 3.16. The number of aromatic nitrogens is 3. The van der Waals surface area contributed by atoms with Gasteiger partial charge in [0.2, 0.25) is 0 Å². The molecule has 5 nitrogen and oxygen atoms in total. The number of anilines is 1. The van der Waals surface area contributed by atoms with Crippen LogP contribution >= 0.6 is 11.3 Å². The molecule has 0 aromatic carbocycles. The molecule has 2 aromatic heterocycles. The second kappa shape index (κ2) is 5.77. The van der Waals surface area contributed by atoms with Gasteiger partial charge in [-0.15, -0.1) is 11.3 Å². The minimum Gasteiger partial charge on any atom is -0.362 e. The number of nitrogens with zero attached hydrogens (tertiary/aromatic N) is 3. The fourth-order valence-corrected chi connectivity index (χ4v) is 2.38. The lowest BCUT2D eigenvalue weighted by Gasteiger charge is -2.02. The summed E-state index contributed by atoms with van der Waals surface area (Å²) in [6.07, 6.45) is 6.27. The van der Waals surface area contributed by atoms with Gasteiger partial charge in [-0.2, -0.15) is 0 Å². The summed E-state index contributed by atoms with van der Waals surface area (Å²) in [4.78, 5) is 20.7. The van der Waals surface area contributed by atoms with Gasteiger partial charge in [-0.05, 0) is 18.9 Å². The van der Waals surface area contributed by atoms with Crippen LogP contribution in [0.5, 0.6) is 0 Å². The van der Waals surface area contributed by atoms with Crippen LogP contribution in [0.1, 0.15) is 23.8 Å². The van der Waals surface area contributed by atoms with Gasteiger partial charge in [0, 0.05) is 30.0 Å². The van der Waals surface area contributed by atoms with Crippen molar-refractivity contribution in [2.24, 2.45) is 0 Å². The zero-order valence-electron chi connectivity index (χ0n) is 10.5. The predicted octanol–water partition coefficient (Wildman–Crippen LogP) is 1.88. The molecule has 96 valence electrons. The van der Waals surface area contributed by atoms with Gasteiger partial charge >= 0.3 is 5.69 Å². The van der Waals surface area contributed by atoms with Crippen molar-refractivity contribution < 1.29 is 0 Å². The van der Waals surface area contributed by atoms with E-state index >= 15 is 0 Å². The molecule has 0 aliphatic carbocycles. The van der Waals surface area contributed by atoms with E-state index in [0.29, 0.717) is 6.54 Å². The first-order valence-electron chi connectivity index (χ1n) is 5.90. The average molecular weight is 264 g/mol. The van der Waals surface area contributed by atoms with Gasteiger partial charge in [-0.1, -0.05) is 6.92 Å². The van der Waals surface area contributed by atoms with E-state index in [1.54, 1.807) is 28.3 Å². The van der Waals surface area contributed by atoms with Crippen molar-refractivity contribution >= 4 is 16.5 Å². The van der Waals surface area contributed by atoms with Crippen molar-refractivity contribution in [3.05, 3.63) is 39.5 Å². The Morgan fingerprint density at radius 1 is 1.39 bits per heavy atom. The number of aryl methyl sites for hydroxylation is 1. The van der Waals surface area contributed by atoms with Gasteiger partial charge in [-0.25, -0.2) is 14.8 Å². The minimum absolute atomic E-state index is 0.225. The first-order chi connectivity index (χ1) is 8.69. The molecule has 2 rings (SSSR count). The summed E-state index contributed by atoms with van der Waals surface area (Å²) in [6, 6.07) is 0. The molecule has 0 bridgehead atoms. The maximum atomic E-state index is 11.6. The fraction of sp³-hybridized carbons (Fsp3) is 0.417. The molecule has 0 amide bonds. The van der Waals surface area contributed by atoms with Crippen molar-refractivity contribution in [3.63, 3.8) is 0 Å². The van der Waals surface area contributed by atoms with Crippen LogP contribution in [0.2, 0.25) is 0 Å². The van der Waals surface area contributed by atoms with E-state index in [1.165, 1.54) is 0 Å². The Bertz CT molecular complexity index is 575. The predicted molar refractivity (Wildman–Crippen MR) is 73.2 cm³/mol. The highest BCUT2D eigenvalue weighted by Gasteiger charge is 2.04. The summed E-state index contributed by atoms with van der Waals surface area (Å²) in [7, 11) is 0. The summed E-state index contributed by atoms with van der Waals surface area (Å²) >= 11 is 1.57. The van der Waals surface area contributed by atoms with Crippen LogP contribution in [0.15, 0.2) is 23.4 Å². The van der Waals surface area contributed by atoms with Gasteiger partial charge in [0.15, 0.2) is 5.13 Å². The number of rotatable bonds is 5. The van der Waals surface area contributed by atoms with E-state index in [2.05, 4.69) is 22.2 Å². The maximum Gasteiger partial charge on any atom is 0.347 e. The van der Waals surface area contributed by atoms with E-state index in [0.717, 1.165) is 28.5 Å². The van der Waals surface area contributed by atoms with Crippen LogP contribution in [0, 0.1) is 6.92 Å². The number of thiazole rings is 1. The Morgan fingerprint density at radius 2 is 2.22 bits per heavy atom. The highest BCUT2D eigenvalue weighted by atomic mass is 32.1. The molecule has 0 unspecified atom stereocenters. The zero-order valence-corrected chi connectivity index (χ0v) is 11.3. The molecule has 0 saturated carbocycles. The molecular weight excluding hydrogens is 248 g/mol. The van der Waals surface area contributed by atoms with Crippen LogP contribution < -0.4 is 11.0 Å². The lowest BCUT2D eigenvalue weighted by molar-refractivity contribution is 0.728. The quantitative estimate of drug-likeness (QED) is 0.895. The van der Waals surface area contributed by atoms with Crippen LogP contribution in [0.25, 0.3) is 0 Å². The molecule has 0 aliphatic rings. The minimum atomic E-state index is -0.225. The van der Waals surface area contributed by atoms with Gasteiger partial charge in [0.05, 0.1) is 6.54 Å². The smallest absolute Gasteiger partial charge is 0.347 e. The monoisotopic (exact) mass is 264 g/mol. The lowest BCUT2D eigenvalue weighted by atomic mass is 10.4. The molecule has 0 aliphatic heterocycles.